The Kier molecular flexibility index (Phi) is 4.71. The van der Waals surface area contributed by atoms with E-state index in [4.69, 9.17) is 0 Å². The second-order valence-electron chi connectivity index (χ2n) is 5.04. The second kappa shape index (κ2) is 6.50. The molecule has 0 spiro atoms. The van der Waals surface area contributed by atoms with Crippen LogP contribution in [-0.4, -0.2) is 26.3 Å². The van der Waals surface area contributed by atoms with Crippen molar-refractivity contribution >= 4 is 5.82 Å². The molecule has 108 valence electrons. The molecule has 0 unspecified atom stereocenters. The van der Waals surface area contributed by atoms with Crippen molar-refractivity contribution in [3.05, 3.63) is 29.3 Å². The lowest BCUT2D eigenvalue weighted by Crippen LogP contribution is -2.12. The fourth-order valence-corrected chi connectivity index (χ4v) is 2.30. The lowest BCUT2D eigenvalue weighted by Gasteiger charge is -2.14. The largest absolute Gasteiger partial charge is 0.370 e. The Balaban J connectivity index is 2.48. The van der Waals surface area contributed by atoms with E-state index < -0.39 is 0 Å². The molecule has 2 aromatic heterocycles. The van der Waals surface area contributed by atoms with E-state index >= 15 is 0 Å². The lowest BCUT2D eigenvalue weighted by atomic mass is 10.1. The molecule has 0 aliphatic rings. The zero-order chi connectivity index (χ0) is 14.5. The van der Waals surface area contributed by atoms with Crippen LogP contribution in [0.5, 0.6) is 0 Å². The van der Waals surface area contributed by atoms with Gasteiger partial charge >= 0.3 is 0 Å². The maximum atomic E-state index is 4.54. The number of anilines is 1. The number of hydrogen-bond donors (Lipinski definition) is 1. The SMILES string of the molecule is CCCNc1ncnc(-n2nc(C)cc2C)c1CCC. The summed E-state index contributed by atoms with van der Waals surface area (Å²) in [7, 11) is 0. The summed E-state index contributed by atoms with van der Waals surface area (Å²) in [5.74, 6) is 1.83. The summed E-state index contributed by atoms with van der Waals surface area (Å²) in [6, 6.07) is 2.07. The van der Waals surface area contributed by atoms with Gasteiger partial charge in [-0.05, 0) is 32.8 Å². The Morgan fingerprint density at radius 1 is 1.15 bits per heavy atom. The molecular weight excluding hydrogens is 250 g/mol. The molecule has 0 radical (unpaired) electrons. The summed E-state index contributed by atoms with van der Waals surface area (Å²) in [6.07, 6.45) is 4.69. The predicted molar refractivity (Wildman–Crippen MR) is 81.4 cm³/mol. The number of aryl methyl sites for hydroxylation is 2. The molecule has 0 bridgehead atoms. The molecule has 0 saturated carbocycles. The van der Waals surface area contributed by atoms with Crippen LogP contribution in [0.4, 0.5) is 5.82 Å². The highest BCUT2D eigenvalue weighted by molar-refractivity contribution is 5.52. The number of rotatable bonds is 6. The fraction of sp³-hybridized carbons (Fsp3) is 0.533. The first kappa shape index (κ1) is 14.5. The highest BCUT2D eigenvalue weighted by atomic mass is 15.3. The molecule has 2 aromatic rings. The predicted octanol–water partition coefficient (Wildman–Crippen LogP) is 3.05. The Bertz CT molecular complexity index is 574. The van der Waals surface area contributed by atoms with Gasteiger partial charge < -0.3 is 5.32 Å². The van der Waals surface area contributed by atoms with Crippen LogP contribution in [0.2, 0.25) is 0 Å². The molecule has 0 aromatic carbocycles. The van der Waals surface area contributed by atoms with Gasteiger partial charge in [-0.3, -0.25) is 0 Å². The maximum Gasteiger partial charge on any atom is 0.162 e. The van der Waals surface area contributed by atoms with E-state index in [9.17, 15) is 0 Å². The van der Waals surface area contributed by atoms with Gasteiger partial charge in [-0.1, -0.05) is 20.3 Å². The van der Waals surface area contributed by atoms with E-state index in [0.29, 0.717) is 0 Å². The lowest BCUT2D eigenvalue weighted by molar-refractivity contribution is 0.771. The average Bonchev–Trinajstić information content (AvgIpc) is 2.76. The summed E-state index contributed by atoms with van der Waals surface area (Å²) in [5, 5.41) is 7.94. The number of nitrogens with zero attached hydrogens (tertiary/aromatic N) is 4. The molecule has 20 heavy (non-hydrogen) atoms. The quantitative estimate of drug-likeness (QED) is 0.879. The minimum absolute atomic E-state index is 0.894. The minimum Gasteiger partial charge on any atom is -0.370 e. The smallest absolute Gasteiger partial charge is 0.162 e. The Hall–Kier alpha value is -1.91. The third kappa shape index (κ3) is 2.98. The first-order chi connectivity index (χ1) is 9.67. The third-order valence-electron chi connectivity index (χ3n) is 3.18. The zero-order valence-corrected chi connectivity index (χ0v) is 12.8. The summed E-state index contributed by atoms with van der Waals surface area (Å²) < 4.78 is 1.92. The normalized spacial score (nSPS) is 10.8. The topological polar surface area (TPSA) is 55.6 Å². The van der Waals surface area contributed by atoms with Gasteiger partial charge in [0.05, 0.1) is 5.69 Å². The second-order valence-corrected chi connectivity index (χ2v) is 5.04. The number of nitrogens with one attached hydrogen (secondary N) is 1. The van der Waals surface area contributed by atoms with Gasteiger partial charge in [-0.25, -0.2) is 14.6 Å². The average molecular weight is 273 g/mol. The summed E-state index contributed by atoms with van der Waals surface area (Å²) in [6.45, 7) is 9.29. The maximum absolute atomic E-state index is 4.54. The van der Waals surface area contributed by atoms with Gasteiger partial charge in [0.1, 0.15) is 12.1 Å². The van der Waals surface area contributed by atoms with Crippen molar-refractivity contribution in [2.24, 2.45) is 0 Å². The van der Waals surface area contributed by atoms with E-state index in [1.807, 2.05) is 11.6 Å². The third-order valence-corrected chi connectivity index (χ3v) is 3.18. The molecule has 1 N–H and O–H groups in total. The molecule has 2 heterocycles. The van der Waals surface area contributed by atoms with Crippen molar-refractivity contribution in [2.75, 3.05) is 11.9 Å². The minimum atomic E-state index is 0.894. The van der Waals surface area contributed by atoms with Crippen LogP contribution in [0.25, 0.3) is 5.82 Å². The first-order valence-electron chi connectivity index (χ1n) is 7.28. The van der Waals surface area contributed by atoms with Gasteiger partial charge in [0.2, 0.25) is 0 Å². The molecule has 2 rings (SSSR count). The van der Waals surface area contributed by atoms with Crippen LogP contribution in [-0.2, 0) is 6.42 Å². The highest BCUT2D eigenvalue weighted by Gasteiger charge is 2.14. The molecule has 0 atom stereocenters. The van der Waals surface area contributed by atoms with E-state index in [2.05, 4.69) is 47.2 Å². The summed E-state index contributed by atoms with van der Waals surface area (Å²) >= 11 is 0. The number of aromatic nitrogens is 4. The van der Waals surface area contributed by atoms with E-state index in [1.165, 1.54) is 0 Å². The van der Waals surface area contributed by atoms with Gasteiger partial charge in [-0.15, -0.1) is 0 Å². The van der Waals surface area contributed by atoms with Crippen molar-refractivity contribution < 1.29 is 0 Å². The van der Waals surface area contributed by atoms with Gasteiger partial charge in [0.15, 0.2) is 5.82 Å². The van der Waals surface area contributed by atoms with Crippen molar-refractivity contribution in [3.63, 3.8) is 0 Å². The highest BCUT2D eigenvalue weighted by Crippen LogP contribution is 2.22. The Labute approximate surface area is 120 Å². The molecule has 5 nitrogen and oxygen atoms in total. The molecule has 0 aliphatic heterocycles. The number of hydrogen-bond acceptors (Lipinski definition) is 4. The van der Waals surface area contributed by atoms with E-state index in [-0.39, 0.29) is 0 Å². The van der Waals surface area contributed by atoms with Crippen molar-refractivity contribution in [2.45, 2.75) is 47.0 Å². The Morgan fingerprint density at radius 3 is 2.55 bits per heavy atom. The van der Waals surface area contributed by atoms with Gasteiger partial charge in [0.25, 0.3) is 0 Å². The van der Waals surface area contributed by atoms with Crippen LogP contribution >= 0.6 is 0 Å². The molecule has 0 aliphatic carbocycles. The van der Waals surface area contributed by atoms with Crippen molar-refractivity contribution in [3.8, 4) is 5.82 Å². The molecular formula is C15H23N5. The van der Waals surface area contributed by atoms with Gasteiger partial charge in [-0.2, -0.15) is 5.10 Å². The van der Waals surface area contributed by atoms with Crippen molar-refractivity contribution in [1.82, 2.24) is 19.7 Å². The Morgan fingerprint density at radius 2 is 1.95 bits per heavy atom. The molecule has 0 fully saturated rings. The first-order valence-corrected chi connectivity index (χ1v) is 7.28. The van der Waals surface area contributed by atoms with Crippen LogP contribution < -0.4 is 5.32 Å². The molecule has 0 saturated heterocycles. The van der Waals surface area contributed by atoms with Crippen LogP contribution in [0.15, 0.2) is 12.4 Å². The van der Waals surface area contributed by atoms with E-state index in [0.717, 1.165) is 54.4 Å². The summed E-state index contributed by atoms with van der Waals surface area (Å²) in [5.41, 5.74) is 3.25. The zero-order valence-electron chi connectivity index (χ0n) is 12.8. The van der Waals surface area contributed by atoms with Crippen LogP contribution in [0.1, 0.15) is 43.6 Å². The fourth-order valence-electron chi connectivity index (χ4n) is 2.30. The molecule has 0 amide bonds. The van der Waals surface area contributed by atoms with Crippen LogP contribution in [0, 0.1) is 13.8 Å². The summed E-state index contributed by atoms with van der Waals surface area (Å²) in [4.78, 5) is 8.85. The standard InChI is InChI=1S/C15H23N5/c1-5-7-13-14(16-8-6-2)17-10-18-15(13)20-12(4)9-11(3)19-20/h9-10H,5-8H2,1-4H3,(H,16,17,18). The van der Waals surface area contributed by atoms with Crippen molar-refractivity contribution in [1.29, 1.82) is 0 Å². The van der Waals surface area contributed by atoms with Crippen LogP contribution in [0.3, 0.4) is 0 Å². The van der Waals surface area contributed by atoms with Gasteiger partial charge in [0, 0.05) is 17.8 Å². The van der Waals surface area contributed by atoms with E-state index in [1.54, 1.807) is 6.33 Å². The monoisotopic (exact) mass is 273 g/mol. The molecule has 5 heteroatoms.